The van der Waals surface area contributed by atoms with Crippen molar-refractivity contribution in [2.75, 3.05) is 12.3 Å². The molecule has 116 valence electrons. The lowest BCUT2D eigenvalue weighted by molar-refractivity contribution is 0.0999. The van der Waals surface area contributed by atoms with Gasteiger partial charge in [0.1, 0.15) is 22.9 Å². The summed E-state index contributed by atoms with van der Waals surface area (Å²) in [5.74, 6) is -0.126. The predicted octanol–water partition coefficient (Wildman–Crippen LogP) is 1.35. The number of hydrogen-bond donors (Lipinski definition) is 2. The van der Waals surface area contributed by atoms with Crippen LogP contribution in [0, 0.1) is 5.82 Å². The van der Waals surface area contributed by atoms with Crippen LogP contribution in [0.1, 0.15) is 34.0 Å². The summed E-state index contributed by atoms with van der Waals surface area (Å²) in [6.07, 6.45) is 1.16. The van der Waals surface area contributed by atoms with E-state index in [4.69, 9.17) is 16.2 Å². The molecule has 1 amide bonds. The van der Waals surface area contributed by atoms with Gasteiger partial charge in [0.25, 0.3) is 5.91 Å². The quantitative estimate of drug-likeness (QED) is 0.875. The van der Waals surface area contributed by atoms with Gasteiger partial charge in [0.05, 0.1) is 12.3 Å². The number of benzene rings is 1. The Morgan fingerprint density at radius 3 is 3.00 bits per heavy atom. The summed E-state index contributed by atoms with van der Waals surface area (Å²) in [6.45, 7) is 0.456. The van der Waals surface area contributed by atoms with Crippen molar-refractivity contribution < 1.29 is 13.9 Å². The number of nitrogens with two attached hydrogens (primary N) is 2. The maximum absolute atomic E-state index is 13.5. The average Bonchev–Trinajstić information content (AvgIpc) is 2.65. The number of ether oxygens (including phenoxy) is 1. The number of aromatic nitrogens is 2. The molecule has 1 atom stereocenters. The van der Waals surface area contributed by atoms with Crippen LogP contribution >= 0.6 is 0 Å². The SMILES string of the molecule is Cn1nc(C2CCOc3ccc(F)cc3C2)c(C(N)=O)c1N. The van der Waals surface area contributed by atoms with E-state index < -0.39 is 5.91 Å². The number of nitrogen functional groups attached to an aromatic ring is 1. The fourth-order valence-corrected chi connectivity index (χ4v) is 2.86. The van der Waals surface area contributed by atoms with E-state index in [1.807, 2.05) is 0 Å². The van der Waals surface area contributed by atoms with Crippen molar-refractivity contribution in [3.05, 3.63) is 40.8 Å². The van der Waals surface area contributed by atoms with Crippen LogP contribution in [-0.4, -0.2) is 22.3 Å². The minimum atomic E-state index is -0.606. The molecule has 4 N–H and O–H groups in total. The third-order valence-electron chi connectivity index (χ3n) is 3.96. The predicted molar refractivity (Wildman–Crippen MR) is 79.1 cm³/mol. The van der Waals surface area contributed by atoms with Gasteiger partial charge in [-0.2, -0.15) is 5.10 Å². The number of amides is 1. The van der Waals surface area contributed by atoms with Gasteiger partial charge < -0.3 is 16.2 Å². The Morgan fingerprint density at radius 2 is 2.27 bits per heavy atom. The maximum atomic E-state index is 13.5. The number of carbonyl (C=O) groups excluding carboxylic acids is 1. The Morgan fingerprint density at radius 1 is 1.50 bits per heavy atom. The second-order valence-electron chi connectivity index (χ2n) is 5.42. The summed E-state index contributed by atoms with van der Waals surface area (Å²) in [5, 5.41) is 4.33. The zero-order valence-electron chi connectivity index (χ0n) is 12.2. The molecule has 3 rings (SSSR count). The third kappa shape index (κ3) is 2.38. The molecule has 1 aromatic carbocycles. The van der Waals surface area contributed by atoms with E-state index in [2.05, 4.69) is 5.10 Å². The molecule has 6 nitrogen and oxygen atoms in total. The first-order chi connectivity index (χ1) is 10.5. The Balaban J connectivity index is 2.03. The van der Waals surface area contributed by atoms with Crippen LogP contribution in [-0.2, 0) is 13.5 Å². The van der Waals surface area contributed by atoms with Crippen molar-refractivity contribution in [1.82, 2.24) is 9.78 Å². The van der Waals surface area contributed by atoms with Gasteiger partial charge >= 0.3 is 0 Å². The van der Waals surface area contributed by atoms with Crippen molar-refractivity contribution in [2.45, 2.75) is 18.8 Å². The zero-order chi connectivity index (χ0) is 15.9. The number of halogens is 1. The number of fused-ring (bicyclic) bond motifs is 1. The average molecular weight is 304 g/mol. The van der Waals surface area contributed by atoms with Crippen molar-refractivity contribution in [2.24, 2.45) is 12.8 Å². The molecule has 7 heteroatoms. The van der Waals surface area contributed by atoms with Gasteiger partial charge in [-0.25, -0.2) is 4.39 Å². The van der Waals surface area contributed by atoms with E-state index in [1.54, 1.807) is 13.1 Å². The molecule has 1 aliphatic rings. The molecule has 0 spiro atoms. The molecule has 2 aromatic rings. The number of aryl methyl sites for hydroxylation is 1. The number of rotatable bonds is 2. The fraction of sp³-hybridized carbons (Fsp3) is 0.333. The van der Waals surface area contributed by atoms with Gasteiger partial charge in [0.15, 0.2) is 0 Å². The molecule has 0 radical (unpaired) electrons. The smallest absolute Gasteiger partial charge is 0.254 e. The van der Waals surface area contributed by atoms with Crippen LogP contribution in [0.15, 0.2) is 18.2 Å². The normalized spacial score (nSPS) is 17.5. The lowest BCUT2D eigenvalue weighted by Crippen LogP contribution is -2.17. The molecule has 1 unspecified atom stereocenters. The van der Waals surface area contributed by atoms with Crippen LogP contribution in [0.4, 0.5) is 10.2 Å². The summed E-state index contributed by atoms with van der Waals surface area (Å²) in [6, 6.07) is 4.44. The van der Waals surface area contributed by atoms with Gasteiger partial charge in [-0.15, -0.1) is 0 Å². The summed E-state index contributed by atoms with van der Waals surface area (Å²) in [7, 11) is 1.66. The van der Waals surface area contributed by atoms with Gasteiger partial charge in [0, 0.05) is 13.0 Å². The van der Waals surface area contributed by atoms with Crippen LogP contribution in [0.25, 0.3) is 0 Å². The van der Waals surface area contributed by atoms with Gasteiger partial charge in [0.2, 0.25) is 0 Å². The lowest BCUT2D eigenvalue weighted by atomic mass is 9.91. The third-order valence-corrected chi connectivity index (χ3v) is 3.96. The van der Waals surface area contributed by atoms with E-state index >= 15 is 0 Å². The van der Waals surface area contributed by atoms with E-state index in [9.17, 15) is 9.18 Å². The van der Waals surface area contributed by atoms with Crippen molar-refractivity contribution in [3.8, 4) is 5.75 Å². The van der Waals surface area contributed by atoms with Crippen molar-refractivity contribution in [3.63, 3.8) is 0 Å². The molecule has 0 fully saturated rings. The number of carbonyl (C=O) groups is 1. The van der Waals surface area contributed by atoms with E-state index in [0.29, 0.717) is 30.9 Å². The number of hydrogen-bond acceptors (Lipinski definition) is 4. The van der Waals surface area contributed by atoms with Crippen LogP contribution < -0.4 is 16.2 Å². The molecule has 0 saturated carbocycles. The maximum Gasteiger partial charge on any atom is 0.254 e. The van der Waals surface area contributed by atoms with E-state index in [-0.39, 0.29) is 23.1 Å². The van der Waals surface area contributed by atoms with Crippen molar-refractivity contribution in [1.29, 1.82) is 0 Å². The molecule has 22 heavy (non-hydrogen) atoms. The Bertz CT molecular complexity index is 741. The lowest BCUT2D eigenvalue weighted by Gasteiger charge is -2.12. The van der Waals surface area contributed by atoms with E-state index in [0.717, 1.165) is 5.56 Å². The number of nitrogens with zero attached hydrogens (tertiary/aromatic N) is 2. The van der Waals surface area contributed by atoms with Gasteiger partial charge in [-0.3, -0.25) is 9.48 Å². The van der Waals surface area contributed by atoms with Crippen LogP contribution in [0.5, 0.6) is 5.75 Å². The first-order valence-corrected chi connectivity index (χ1v) is 7.00. The fourth-order valence-electron chi connectivity index (χ4n) is 2.86. The zero-order valence-corrected chi connectivity index (χ0v) is 12.2. The minimum Gasteiger partial charge on any atom is -0.493 e. The van der Waals surface area contributed by atoms with Crippen molar-refractivity contribution >= 4 is 11.7 Å². The van der Waals surface area contributed by atoms with Gasteiger partial charge in [-0.1, -0.05) is 0 Å². The molecule has 1 aliphatic heterocycles. The monoisotopic (exact) mass is 304 g/mol. The molecule has 1 aromatic heterocycles. The largest absolute Gasteiger partial charge is 0.493 e. The summed E-state index contributed by atoms with van der Waals surface area (Å²) in [5.41, 5.74) is 12.9. The van der Waals surface area contributed by atoms with Crippen LogP contribution in [0.3, 0.4) is 0 Å². The molecule has 0 aliphatic carbocycles. The molecule has 0 saturated heterocycles. The van der Waals surface area contributed by atoms with E-state index in [1.165, 1.54) is 16.8 Å². The summed E-state index contributed by atoms with van der Waals surface area (Å²) in [4.78, 5) is 11.7. The Labute approximate surface area is 126 Å². The minimum absolute atomic E-state index is 0.103. The van der Waals surface area contributed by atoms with Gasteiger partial charge in [-0.05, 0) is 36.6 Å². The van der Waals surface area contributed by atoms with Crippen LogP contribution in [0.2, 0.25) is 0 Å². The highest BCUT2D eigenvalue weighted by Crippen LogP contribution is 2.34. The number of anilines is 1. The topological polar surface area (TPSA) is 96.2 Å². The molecular formula is C15H17FN4O2. The second kappa shape index (κ2) is 5.32. The first-order valence-electron chi connectivity index (χ1n) is 7.00. The molecule has 0 bridgehead atoms. The highest BCUT2D eigenvalue weighted by molar-refractivity contribution is 5.98. The Kier molecular flexibility index (Phi) is 3.48. The highest BCUT2D eigenvalue weighted by Gasteiger charge is 2.28. The number of primary amides is 1. The second-order valence-corrected chi connectivity index (χ2v) is 5.42. The molecular weight excluding hydrogens is 287 g/mol. The molecule has 2 heterocycles. The first kappa shape index (κ1) is 14.4. The summed E-state index contributed by atoms with van der Waals surface area (Å²) < 4.78 is 20.5. The Hall–Kier alpha value is -2.57. The standard InChI is InChI=1S/C15H17FN4O2/c1-20-14(17)12(15(18)21)13(19-20)8-4-5-22-11-3-2-10(16)7-9(11)6-8/h2-3,7-8H,4-6,17H2,1H3,(H2,18,21). The summed E-state index contributed by atoms with van der Waals surface area (Å²) >= 11 is 0. The highest BCUT2D eigenvalue weighted by atomic mass is 19.1.